The van der Waals surface area contributed by atoms with Gasteiger partial charge in [0.1, 0.15) is 0 Å². The van der Waals surface area contributed by atoms with E-state index in [-0.39, 0.29) is 23.0 Å². The molecule has 2 rings (SSSR count). The van der Waals surface area contributed by atoms with Gasteiger partial charge < -0.3 is 14.8 Å². The number of amides is 1. The molecule has 0 heterocycles. The number of ether oxygens (including phenoxy) is 2. The molecule has 0 saturated heterocycles. The van der Waals surface area contributed by atoms with E-state index in [4.69, 9.17) is 21.1 Å². The summed E-state index contributed by atoms with van der Waals surface area (Å²) in [6, 6.07) is 9.39. The van der Waals surface area contributed by atoms with Crippen LogP contribution in [-0.2, 0) is 14.6 Å². The molecule has 2 aromatic carbocycles. The number of sulfone groups is 1. The minimum absolute atomic E-state index is 0.0747. The molecular weight excluding hydrogens is 378 g/mol. The molecule has 26 heavy (non-hydrogen) atoms. The summed E-state index contributed by atoms with van der Waals surface area (Å²) in [5.74, 6) is 0.0396. The molecule has 0 atom stereocenters. The van der Waals surface area contributed by atoms with Crippen molar-refractivity contribution in [3.05, 3.63) is 47.0 Å². The van der Waals surface area contributed by atoms with Crippen LogP contribution in [0.5, 0.6) is 11.5 Å². The molecule has 0 aromatic heterocycles. The average Bonchev–Trinajstić information content (AvgIpc) is 2.61. The summed E-state index contributed by atoms with van der Waals surface area (Å²) in [5, 5.41) is 3.26. The lowest BCUT2D eigenvalue weighted by atomic mass is 10.2. The summed E-state index contributed by atoms with van der Waals surface area (Å²) in [6.45, 7) is 1.81. The number of nitrogens with one attached hydrogen (secondary N) is 1. The zero-order valence-electron chi connectivity index (χ0n) is 14.7. The highest BCUT2D eigenvalue weighted by Gasteiger charge is 2.19. The molecular formula is C18H20ClNO5S. The molecule has 8 heteroatoms. The number of anilines is 1. The molecule has 0 saturated carbocycles. The fourth-order valence-corrected chi connectivity index (χ4v) is 3.81. The summed E-state index contributed by atoms with van der Waals surface area (Å²) in [6.07, 6.45) is -0.168. The molecule has 0 aliphatic heterocycles. The second kappa shape index (κ2) is 8.42. The lowest BCUT2D eigenvalue weighted by Gasteiger charge is -2.11. The second-order valence-corrected chi connectivity index (χ2v) is 8.14. The number of methoxy groups -OCH3 is 2. The Labute approximate surface area is 158 Å². The topological polar surface area (TPSA) is 81.7 Å². The van der Waals surface area contributed by atoms with Crippen molar-refractivity contribution in [3.8, 4) is 11.5 Å². The van der Waals surface area contributed by atoms with Gasteiger partial charge in [0.2, 0.25) is 5.91 Å². The molecule has 2 aromatic rings. The predicted octanol–water partition coefficient (Wildman–Crippen LogP) is 3.47. The van der Waals surface area contributed by atoms with Crippen molar-refractivity contribution in [2.24, 2.45) is 0 Å². The summed E-state index contributed by atoms with van der Waals surface area (Å²) in [5.41, 5.74) is 1.40. The first-order valence-electron chi connectivity index (χ1n) is 7.77. The Morgan fingerprint density at radius 3 is 2.38 bits per heavy atom. The Morgan fingerprint density at radius 1 is 1.08 bits per heavy atom. The van der Waals surface area contributed by atoms with Crippen LogP contribution >= 0.6 is 11.6 Å². The van der Waals surface area contributed by atoms with Crippen molar-refractivity contribution in [2.45, 2.75) is 18.2 Å². The Hall–Kier alpha value is -2.25. The predicted molar refractivity (Wildman–Crippen MR) is 101 cm³/mol. The average molecular weight is 398 g/mol. The van der Waals surface area contributed by atoms with Crippen molar-refractivity contribution < 1.29 is 22.7 Å². The van der Waals surface area contributed by atoms with Crippen LogP contribution in [0.25, 0.3) is 0 Å². The zero-order valence-corrected chi connectivity index (χ0v) is 16.3. The van der Waals surface area contributed by atoms with Crippen LogP contribution in [0.3, 0.4) is 0 Å². The first kappa shape index (κ1) is 20.1. The molecule has 0 spiro atoms. The minimum atomic E-state index is -3.64. The van der Waals surface area contributed by atoms with Gasteiger partial charge in [-0.15, -0.1) is 0 Å². The molecule has 6 nitrogen and oxygen atoms in total. The van der Waals surface area contributed by atoms with Crippen molar-refractivity contribution in [2.75, 3.05) is 25.3 Å². The van der Waals surface area contributed by atoms with Gasteiger partial charge in [-0.3, -0.25) is 4.79 Å². The lowest BCUT2D eigenvalue weighted by molar-refractivity contribution is -0.115. The van der Waals surface area contributed by atoms with Gasteiger partial charge >= 0.3 is 0 Å². The van der Waals surface area contributed by atoms with Gasteiger partial charge in [0.15, 0.2) is 21.3 Å². The van der Waals surface area contributed by atoms with Crippen LogP contribution in [0.2, 0.25) is 5.02 Å². The van der Waals surface area contributed by atoms with Crippen molar-refractivity contribution in [1.82, 2.24) is 0 Å². The zero-order chi connectivity index (χ0) is 19.3. The maximum atomic E-state index is 12.5. The second-order valence-electron chi connectivity index (χ2n) is 5.59. The Bertz CT molecular complexity index is 912. The first-order valence-corrected chi connectivity index (χ1v) is 9.80. The molecule has 0 radical (unpaired) electrons. The molecule has 140 valence electrons. The number of rotatable bonds is 7. The van der Waals surface area contributed by atoms with E-state index in [0.717, 1.165) is 5.56 Å². The monoisotopic (exact) mass is 397 g/mol. The van der Waals surface area contributed by atoms with Crippen LogP contribution in [0, 0.1) is 6.92 Å². The summed E-state index contributed by atoms with van der Waals surface area (Å²) >= 11 is 5.88. The van der Waals surface area contributed by atoms with E-state index >= 15 is 0 Å². The van der Waals surface area contributed by atoms with E-state index < -0.39 is 9.84 Å². The SMILES string of the molecule is COc1ccc(S(=O)(=O)CCC(=O)Nc2ccc(Cl)cc2C)cc1OC. The molecule has 1 N–H and O–H groups in total. The standard InChI is InChI=1S/C18H20ClNO5S/c1-12-10-13(19)4-6-15(12)20-18(21)8-9-26(22,23)14-5-7-16(24-2)17(11-14)25-3/h4-7,10-11H,8-9H2,1-3H3,(H,20,21). The fourth-order valence-electron chi connectivity index (χ4n) is 2.33. The molecule has 0 aliphatic carbocycles. The van der Waals surface area contributed by atoms with Gasteiger partial charge in [-0.2, -0.15) is 0 Å². The van der Waals surface area contributed by atoms with Crippen LogP contribution in [0.4, 0.5) is 5.69 Å². The van der Waals surface area contributed by atoms with Crippen LogP contribution in [-0.4, -0.2) is 34.3 Å². The molecule has 0 aliphatic rings. The lowest BCUT2D eigenvalue weighted by Crippen LogP contribution is -2.18. The van der Waals surface area contributed by atoms with Gasteiger partial charge in [-0.05, 0) is 42.8 Å². The summed E-state index contributed by atoms with van der Waals surface area (Å²) < 4.78 is 35.2. The van der Waals surface area contributed by atoms with E-state index in [2.05, 4.69) is 5.32 Å². The van der Waals surface area contributed by atoms with E-state index in [1.165, 1.54) is 32.4 Å². The molecule has 0 fully saturated rings. The Morgan fingerprint density at radius 2 is 1.77 bits per heavy atom. The van der Waals surface area contributed by atoms with Gasteiger partial charge in [0, 0.05) is 23.2 Å². The number of carbonyl (C=O) groups is 1. The minimum Gasteiger partial charge on any atom is -0.493 e. The maximum absolute atomic E-state index is 12.5. The van der Waals surface area contributed by atoms with E-state index in [9.17, 15) is 13.2 Å². The number of halogens is 1. The summed E-state index contributed by atoms with van der Waals surface area (Å²) in [7, 11) is -0.745. The third-order valence-electron chi connectivity index (χ3n) is 3.77. The third kappa shape index (κ3) is 4.89. The number of aryl methyl sites for hydroxylation is 1. The number of hydrogen-bond donors (Lipinski definition) is 1. The van der Waals surface area contributed by atoms with Crippen molar-refractivity contribution >= 4 is 33.0 Å². The van der Waals surface area contributed by atoms with Gasteiger partial charge in [-0.1, -0.05) is 11.6 Å². The molecule has 1 amide bonds. The van der Waals surface area contributed by atoms with Gasteiger partial charge in [-0.25, -0.2) is 8.42 Å². The third-order valence-corrected chi connectivity index (χ3v) is 5.72. The number of carbonyl (C=O) groups excluding carboxylic acids is 1. The molecule has 0 bridgehead atoms. The fraction of sp³-hybridized carbons (Fsp3) is 0.278. The Balaban J connectivity index is 2.06. The van der Waals surface area contributed by atoms with E-state index in [0.29, 0.717) is 22.2 Å². The van der Waals surface area contributed by atoms with Crippen molar-refractivity contribution in [3.63, 3.8) is 0 Å². The van der Waals surface area contributed by atoms with E-state index in [1.54, 1.807) is 18.2 Å². The van der Waals surface area contributed by atoms with Gasteiger partial charge in [0.25, 0.3) is 0 Å². The quantitative estimate of drug-likeness (QED) is 0.773. The molecule has 0 unspecified atom stereocenters. The van der Waals surface area contributed by atoms with Crippen molar-refractivity contribution in [1.29, 1.82) is 0 Å². The van der Waals surface area contributed by atoms with E-state index in [1.807, 2.05) is 6.92 Å². The van der Waals surface area contributed by atoms with Gasteiger partial charge in [0.05, 0.1) is 24.9 Å². The smallest absolute Gasteiger partial charge is 0.225 e. The first-order chi connectivity index (χ1) is 12.3. The van der Waals surface area contributed by atoms with Crippen LogP contribution in [0.1, 0.15) is 12.0 Å². The number of hydrogen-bond acceptors (Lipinski definition) is 5. The highest BCUT2D eigenvalue weighted by molar-refractivity contribution is 7.91. The summed E-state index contributed by atoms with van der Waals surface area (Å²) in [4.78, 5) is 12.2. The highest BCUT2D eigenvalue weighted by Crippen LogP contribution is 2.30. The Kier molecular flexibility index (Phi) is 6.50. The normalized spacial score (nSPS) is 11.1. The number of benzene rings is 2. The van der Waals surface area contributed by atoms with Crippen LogP contribution in [0.15, 0.2) is 41.3 Å². The highest BCUT2D eigenvalue weighted by atomic mass is 35.5. The van der Waals surface area contributed by atoms with Crippen LogP contribution < -0.4 is 14.8 Å². The maximum Gasteiger partial charge on any atom is 0.225 e. The largest absolute Gasteiger partial charge is 0.493 e.